The Labute approximate surface area is 110 Å². The number of ether oxygens (including phenoxy) is 2. The van der Waals surface area contributed by atoms with Crippen LogP contribution in [0.1, 0.15) is 0 Å². The van der Waals surface area contributed by atoms with E-state index in [9.17, 15) is 9.59 Å². The zero-order chi connectivity index (χ0) is 13.7. The Kier molecular flexibility index (Phi) is 4.48. The Morgan fingerprint density at radius 3 is 2.58 bits per heavy atom. The molecular weight excluding hydrogens is 250 g/mol. The molecule has 1 fully saturated rings. The van der Waals surface area contributed by atoms with Crippen molar-refractivity contribution in [2.24, 2.45) is 0 Å². The van der Waals surface area contributed by atoms with Crippen LogP contribution in [0.4, 0.5) is 5.69 Å². The summed E-state index contributed by atoms with van der Waals surface area (Å²) in [5.74, 6) is -1.47. The molecule has 0 aliphatic carbocycles. The molecule has 2 rings (SSSR count). The molecule has 102 valence electrons. The molecule has 1 N–H and O–H groups in total. The van der Waals surface area contributed by atoms with Crippen molar-refractivity contribution in [1.29, 1.82) is 0 Å². The molecule has 1 heterocycles. The molecule has 1 aliphatic heterocycles. The number of carbonyl (C=O) groups is 2. The highest BCUT2D eigenvalue weighted by atomic mass is 16.6. The highest BCUT2D eigenvalue weighted by molar-refractivity contribution is 6.00. The van der Waals surface area contributed by atoms with Crippen molar-refractivity contribution in [2.75, 3.05) is 31.3 Å². The van der Waals surface area contributed by atoms with Crippen LogP contribution < -0.4 is 4.90 Å². The molecule has 0 radical (unpaired) electrons. The molecule has 0 aromatic heterocycles. The Balaban J connectivity index is 2.17. The van der Waals surface area contributed by atoms with Crippen molar-refractivity contribution in [1.82, 2.24) is 0 Å². The number of hydrogen-bond acceptors (Lipinski definition) is 4. The predicted octanol–water partition coefficient (Wildman–Crippen LogP) is 0.520. The lowest BCUT2D eigenvalue weighted by Gasteiger charge is -2.28. The lowest BCUT2D eigenvalue weighted by Crippen LogP contribution is -2.47. The molecule has 1 aliphatic rings. The molecule has 0 saturated carbocycles. The number of rotatable bonds is 4. The van der Waals surface area contributed by atoms with Gasteiger partial charge in [-0.2, -0.15) is 0 Å². The maximum Gasteiger partial charge on any atom is 0.323 e. The average molecular weight is 265 g/mol. The van der Waals surface area contributed by atoms with Gasteiger partial charge in [-0.15, -0.1) is 0 Å². The standard InChI is InChI=1S/C13H15NO5/c15-12(16)8-14(10-4-2-1-3-5-10)13(17)11-9-18-6-7-19-11/h1-5,11H,6-9H2,(H,15,16). The van der Waals surface area contributed by atoms with Gasteiger partial charge in [-0.05, 0) is 12.1 Å². The number of carboxylic acids is 1. The first-order valence-electron chi connectivity index (χ1n) is 5.96. The molecule has 6 heteroatoms. The van der Waals surface area contributed by atoms with E-state index in [1.165, 1.54) is 4.90 Å². The normalized spacial score (nSPS) is 18.8. The first-order valence-corrected chi connectivity index (χ1v) is 5.96. The fourth-order valence-corrected chi connectivity index (χ4v) is 1.84. The summed E-state index contributed by atoms with van der Waals surface area (Å²) in [5.41, 5.74) is 0.532. The van der Waals surface area contributed by atoms with Crippen LogP contribution in [0, 0.1) is 0 Å². The monoisotopic (exact) mass is 265 g/mol. The molecule has 6 nitrogen and oxygen atoms in total. The number of anilines is 1. The Hall–Kier alpha value is -1.92. The Bertz CT molecular complexity index is 442. The van der Waals surface area contributed by atoms with Gasteiger partial charge in [0.2, 0.25) is 0 Å². The summed E-state index contributed by atoms with van der Waals surface area (Å²) in [6.45, 7) is 0.546. The summed E-state index contributed by atoms with van der Waals surface area (Å²) in [4.78, 5) is 24.4. The van der Waals surface area contributed by atoms with E-state index in [-0.39, 0.29) is 6.61 Å². The Morgan fingerprint density at radius 2 is 2.00 bits per heavy atom. The van der Waals surface area contributed by atoms with E-state index < -0.39 is 24.5 Å². The van der Waals surface area contributed by atoms with E-state index in [0.29, 0.717) is 18.9 Å². The largest absolute Gasteiger partial charge is 0.480 e. The van der Waals surface area contributed by atoms with E-state index in [1.807, 2.05) is 0 Å². The van der Waals surface area contributed by atoms with E-state index in [2.05, 4.69) is 0 Å². The highest BCUT2D eigenvalue weighted by Gasteiger charge is 2.29. The Morgan fingerprint density at radius 1 is 1.26 bits per heavy atom. The van der Waals surface area contributed by atoms with Gasteiger partial charge in [-0.1, -0.05) is 18.2 Å². The van der Waals surface area contributed by atoms with Crippen molar-refractivity contribution < 1.29 is 24.2 Å². The lowest BCUT2D eigenvalue weighted by molar-refractivity contribution is -0.147. The van der Waals surface area contributed by atoms with Gasteiger partial charge < -0.3 is 14.6 Å². The van der Waals surface area contributed by atoms with Gasteiger partial charge in [-0.25, -0.2) is 0 Å². The van der Waals surface area contributed by atoms with Crippen LogP contribution in [0.25, 0.3) is 0 Å². The third-order valence-corrected chi connectivity index (χ3v) is 2.72. The SMILES string of the molecule is O=C(O)CN(C(=O)C1COCCO1)c1ccccc1. The fraction of sp³-hybridized carbons (Fsp3) is 0.385. The second kappa shape index (κ2) is 6.31. The van der Waals surface area contributed by atoms with Crippen LogP contribution >= 0.6 is 0 Å². The van der Waals surface area contributed by atoms with E-state index in [4.69, 9.17) is 14.6 Å². The van der Waals surface area contributed by atoms with Crippen LogP contribution in [0.3, 0.4) is 0 Å². The molecule has 1 saturated heterocycles. The minimum atomic E-state index is -1.08. The molecule has 0 bridgehead atoms. The van der Waals surface area contributed by atoms with Gasteiger partial charge in [0.15, 0.2) is 6.10 Å². The maximum atomic E-state index is 12.3. The summed E-state index contributed by atoms with van der Waals surface area (Å²) in [6.07, 6.45) is -0.742. The van der Waals surface area contributed by atoms with Crippen LogP contribution in [0.2, 0.25) is 0 Å². The number of benzene rings is 1. The zero-order valence-corrected chi connectivity index (χ0v) is 10.3. The maximum absolute atomic E-state index is 12.3. The summed E-state index contributed by atoms with van der Waals surface area (Å²) in [5, 5.41) is 8.93. The first kappa shape index (κ1) is 13.5. The summed E-state index contributed by atoms with van der Waals surface area (Å²) < 4.78 is 10.5. The van der Waals surface area contributed by atoms with Gasteiger partial charge >= 0.3 is 5.97 Å². The quantitative estimate of drug-likeness (QED) is 0.859. The third kappa shape index (κ3) is 3.52. The second-order valence-electron chi connectivity index (χ2n) is 4.09. The van der Waals surface area contributed by atoms with Gasteiger partial charge in [-0.3, -0.25) is 14.5 Å². The zero-order valence-electron chi connectivity index (χ0n) is 10.3. The third-order valence-electron chi connectivity index (χ3n) is 2.72. The number of hydrogen-bond donors (Lipinski definition) is 1. The van der Waals surface area contributed by atoms with Crippen LogP contribution in [-0.2, 0) is 19.1 Å². The minimum absolute atomic E-state index is 0.155. The van der Waals surface area contributed by atoms with Gasteiger partial charge in [0.05, 0.1) is 19.8 Å². The molecule has 1 unspecified atom stereocenters. The smallest absolute Gasteiger partial charge is 0.323 e. The molecule has 19 heavy (non-hydrogen) atoms. The van der Waals surface area contributed by atoms with Crippen molar-refractivity contribution in [2.45, 2.75) is 6.10 Å². The molecule has 0 spiro atoms. The van der Waals surface area contributed by atoms with Crippen LogP contribution in [-0.4, -0.2) is 49.5 Å². The predicted molar refractivity (Wildman–Crippen MR) is 67.0 cm³/mol. The van der Waals surface area contributed by atoms with Crippen molar-refractivity contribution in [3.8, 4) is 0 Å². The van der Waals surface area contributed by atoms with Gasteiger partial charge in [0.25, 0.3) is 5.91 Å². The van der Waals surface area contributed by atoms with Crippen molar-refractivity contribution in [3.63, 3.8) is 0 Å². The fourth-order valence-electron chi connectivity index (χ4n) is 1.84. The number of carbonyl (C=O) groups excluding carboxylic acids is 1. The van der Waals surface area contributed by atoms with Crippen LogP contribution in [0.15, 0.2) is 30.3 Å². The minimum Gasteiger partial charge on any atom is -0.480 e. The summed E-state index contributed by atoms with van der Waals surface area (Å²) >= 11 is 0. The topological polar surface area (TPSA) is 76.1 Å². The molecule has 1 aromatic rings. The van der Waals surface area contributed by atoms with Crippen molar-refractivity contribution in [3.05, 3.63) is 30.3 Å². The number of amides is 1. The number of nitrogens with zero attached hydrogens (tertiary/aromatic N) is 1. The molecule has 1 amide bonds. The number of carboxylic acid groups (broad SMARTS) is 1. The lowest BCUT2D eigenvalue weighted by atomic mass is 10.2. The average Bonchev–Trinajstić information content (AvgIpc) is 2.46. The number of para-hydroxylation sites is 1. The summed E-state index contributed by atoms with van der Waals surface area (Å²) in [6, 6.07) is 8.66. The van der Waals surface area contributed by atoms with E-state index in [0.717, 1.165) is 0 Å². The number of aliphatic carboxylic acids is 1. The summed E-state index contributed by atoms with van der Waals surface area (Å²) in [7, 11) is 0. The molecule has 1 aromatic carbocycles. The van der Waals surface area contributed by atoms with E-state index >= 15 is 0 Å². The molecule has 1 atom stereocenters. The van der Waals surface area contributed by atoms with Gasteiger partial charge in [0, 0.05) is 5.69 Å². The first-order chi connectivity index (χ1) is 9.18. The van der Waals surface area contributed by atoms with Crippen molar-refractivity contribution >= 4 is 17.6 Å². The van der Waals surface area contributed by atoms with Gasteiger partial charge in [0.1, 0.15) is 6.54 Å². The molecular formula is C13H15NO5. The second-order valence-corrected chi connectivity index (χ2v) is 4.09. The highest BCUT2D eigenvalue weighted by Crippen LogP contribution is 2.16. The van der Waals surface area contributed by atoms with Crippen LogP contribution in [0.5, 0.6) is 0 Å². The van der Waals surface area contributed by atoms with E-state index in [1.54, 1.807) is 30.3 Å².